The molecule has 0 atom stereocenters. The van der Waals surface area contributed by atoms with Gasteiger partial charge in [0, 0.05) is 11.3 Å². The number of hydrogen-bond acceptors (Lipinski definition) is 5. The van der Waals surface area contributed by atoms with Crippen molar-refractivity contribution in [1.82, 2.24) is 10.1 Å². The van der Waals surface area contributed by atoms with Crippen molar-refractivity contribution in [3.63, 3.8) is 0 Å². The van der Waals surface area contributed by atoms with Crippen LogP contribution >= 0.6 is 0 Å². The minimum atomic E-state index is 0.421. The number of nitrogens with two attached hydrogens (primary N) is 1. The molecule has 1 aromatic heterocycles. The third-order valence-electron chi connectivity index (χ3n) is 3.38. The number of aromatic nitrogens is 2. The molecule has 2 aromatic carbocycles. The van der Waals surface area contributed by atoms with Gasteiger partial charge in [0.05, 0.1) is 12.7 Å². The van der Waals surface area contributed by atoms with Gasteiger partial charge in [-0.15, -0.1) is 0 Å². The molecule has 5 nitrogen and oxygen atoms in total. The minimum Gasteiger partial charge on any atom is -0.496 e. The second-order valence-corrected chi connectivity index (χ2v) is 4.64. The molecule has 3 aromatic rings. The van der Waals surface area contributed by atoms with Gasteiger partial charge in [-0.2, -0.15) is 4.98 Å². The fourth-order valence-corrected chi connectivity index (χ4v) is 2.16. The van der Waals surface area contributed by atoms with Gasteiger partial charge in [-0.05, 0) is 30.7 Å². The molecule has 2 N–H and O–H groups in total. The third-order valence-corrected chi connectivity index (χ3v) is 3.38. The van der Waals surface area contributed by atoms with Crippen LogP contribution in [0.4, 0.5) is 5.69 Å². The number of nitrogens with zero attached hydrogens (tertiary/aromatic N) is 2. The Morgan fingerprint density at radius 3 is 2.62 bits per heavy atom. The SMILES string of the molecule is COc1ccccc1-c1nc(-c2cccc(N)c2C)no1. The first-order valence-corrected chi connectivity index (χ1v) is 6.53. The molecule has 0 aliphatic heterocycles. The Balaban J connectivity index is 2.06. The molecule has 106 valence electrons. The van der Waals surface area contributed by atoms with Crippen LogP contribution in [0.1, 0.15) is 5.56 Å². The van der Waals surface area contributed by atoms with Gasteiger partial charge in [0.2, 0.25) is 5.82 Å². The first-order chi connectivity index (χ1) is 10.2. The predicted octanol–water partition coefficient (Wildman–Crippen LogP) is 3.30. The molecule has 0 radical (unpaired) electrons. The number of rotatable bonds is 3. The number of hydrogen-bond donors (Lipinski definition) is 1. The Bertz CT molecular complexity index is 781. The predicted molar refractivity (Wildman–Crippen MR) is 80.9 cm³/mol. The van der Waals surface area contributed by atoms with Gasteiger partial charge in [0.15, 0.2) is 0 Å². The second kappa shape index (κ2) is 5.28. The van der Waals surface area contributed by atoms with Gasteiger partial charge < -0.3 is 15.0 Å². The van der Waals surface area contributed by atoms with E-state index in [0.717, 1.165) is 16.7 Å². The number of methoxy groups -OCH3 is 1. The van der Waals surface area contributed by atoms with Crippen LogP contribution in [-0.4, -0.2) is 17.3 Å². The van der Waals surface area contributed by atoms with Crippen molar-refractivity contribution in [3.05, 3.63) is 48.0 Å². The molecule has 0 bridgehead atoms. The maximum atomic E-state index is 5.92. The molecule has 21 heavy (non-hydrogen) atoms. The van der Waals surface area contributed by atoms with Crippen LogP contribution in [0.3, 0.4) is 0 Å². The van der Waals surface area contributed by atoms with Gasteiger partial charge in [0.1, 0.15) is 5.75 Å². The van der Waals surface area contributed by atoms with Gasteiger partial charge in [0.25, 0.3) is 5.89 Å². The molecule has 0 saturated heterocycles. The summed E-state index contributed by atoms with van der Waals surface area (Å²) < 4.78 is 10.7. The standard InChI is InChI=1S/C16H15N3O2/c1-10-11(7-5-8-13(10)17)15-18-16(21-19-15)12-6-3-4-9-14(12)20-2/h3-9H,17H2,1-2H3. The van der Waals surface area contributed by atoms with E-state index in [1.807, 2.05) is 49.4 Å². The maximum Gasteiger partial charge on any atom is 0.262 e. The number of ether oxygens (including phenoxy) is 1. The minimum absolute atomic E-state index is 0.421. The van der Waals surface area contributed by atoms with Crippen molar-refractivity contribution in [2.24, 2.45) is 0 Å². The summed E-state index contributed by atoms with van der Waals surface area (Å²) in [5, 5.41) is 4.04. The summed E-state index contributed by atoms with van der Waals surface area (Å²) >= 11 is 0. The Kier molecular flexibility index (Phi) is 3.31. The quantitative estimate of drug-likeness (QED) is 0.745. The number of anilines is 1. The van der Waals surface area contributed by atoms with Gasteiger partial charge in [-0.25, -0.2) is 0 Å². The molecule has 0 spiro atoms. The molecular formula is C16H15N3O2. The van der Waals surface area contributed by atoms with Gasteiger partial charge in [-0.3, -0.25) is 0 Å². The third kappa shape index (κ3) is 2.33. The highest BCUT2D eigenvalue weighted by Crippen LogP contribution is 2.31. The van der Waals surface area contributed by atoms with E-state index in [0.29, 0.717) is 23.2 Å². The van der Waals surface area contributed by atoms with E-state index < -0.39 is 0 Å². The molecule has 0 aliphatic carbocycles. The molecule has 0 fully saturated rings. The summed E-state index contributed by atoms with van der Waals surface area (Å²) in [5.41, 5.74) is 9.18. The molecule has 3 rings (SSSR count). The largest absolute Gasteiger partial charge is 0.496 e. The van der Waals surface area contributed by atoms with Crippen molar-refractivity contribution < 1.29 is 9.26 Å². The molecule has 0 amide bonds. The Hall–Kier alpha value is -2.82. The zero-order valence-electron chi connectivity index (χ0n) is 11.8. The van der Waals surface area contributed by atoms with Crippen LogP contribution in [0.2, 0.25) is 0 Å². The summed E-state index contributed by atoms with van der Waals surface area (Å²) in [7, 11) is 1.61. The topological polar surface area (TPSA) is 74.2 Å². The van der Waals surface area contributed by atoms with E-state index in [2.05, 4.69) is 10.1 Å². The number of para-hydroxylation sites is 1. The normalized spacial score (nSPS) is 10.6. The lowest BCUT2D eigenvalue weighted by Gasteiger charge is -2.04. The summed E-state index contributed by atoms with van der Waals surface area (Å²) in [6.45, 7) is 1.93. The average Bonchev–Trinajstić information content (AvgIpc) is 2.99. The summed E-state index contributed by atoms with van der Waals surface area (Å²) in [5.74, 6) is 1.63. The van der Waals surface area contributed by atoms with E-state index in [4.69, 9.17) is 15.0 Å². The molecule has 0 aliphatic rings. The summed E-state index contributed by atoms with van der Waals surface area (Å²) in [4.78, 5) is 4.45. The maximum absolute atomic E-state index is 5.92. The Morgan fingerprint density at radius 1 is 1.05 bits per heavy atom. The fraction of sp³-hybridized carbons (Fsp3) is 0.125. The van der Waals surface area contributed by atoms with E-state index in [9.17, 15) is 0 Å². The van der Waals surface area contributed by atoms with Crippen LogP contribution < -0.4 is 10.5 Å². The lowest BCUT2D eigenvalue weighted by molar-refractivity contribution is 0.405. The van der Waals surface area contributed by atoms with E-state index in [-0.39, 0.29) is 0 Å². The van der Waals surface area contributed by atoms with Crippen LogP contribution in [0, 0.1) is 6.92 Å². The summed E-state index contributed by atoms with van der Waals surface area (Å²) in [6, 6.07) is 13.2. The highest BCUT2D eigenvalue weighted by molar-refractivity contribution is 5.70. The van der Waals surface area contributed by atoms with Gasteiger partial charge in [-0.1, -0.05) is 29.4 Å². The molecule has 1 heterocycles. The lowest BCUT2D eigenvalue weighted by atomic mass is 10.1. The lowest BCUT2D eigenvalue weighted by Crippen LogP contribution is -1.93. The highest BCUT2D eigenvalue weighted by Gasteiger charge is 2.15. The van der Waals surface area contributed by atoms with Crippen molar-refractivity contribution in [2.45, 2.75) is 6.92 Å². The number of benzene rings is 2. The molecule has 0 saturated carbocycles. The second-order valence-electron chi connectivity index (χ2n) is 4.64. The van der Waals surface area contributed by atoms with Crippen LogP contribution in [0.25, 0.3) is 22.8 Å². The summed E-state index contributed by atoms with van der Waals surface area (Å²) in [6.07, 6.45) is 0. The van der Waals surface area contributed by atoms with E-state index in [1.54, 1.807) is 7.11 Å². The van der Waals surface area contributed by atoms with E-state index in [1.165, 1.54) is 0 Å². The zero-order chi connectivity index (χ0) is 14.8. The Morgan fingerprint density at radius 2 is 1.81 bits per heavy atom. The van der Waals surface area contributed by atoms with Crippen molar-refractivity contribution in [1.29, 1.82) is 0 Å². The molecule has 0 unspecified atom stereocenters. The zero-order valence-corrected chi connectivity index (χ0v) is 11.8. The Labute approximate surface area is 122 Å². The first-order valence-electron chi connectivity index (χ1n) is 6.53. The number of nitrogen functional groups attached to an aromatic ring is 1. The van der Waals surface area contributed by atoms with E-state index >= 15 is 0 Å². The van der Waals surface area contributed by atoms with Crippen molar-refractivity contribution in [3.8, 4) is 28.6 Å². The van der Waals surface area contributed by atoms with Crippen LogP contribution in [0.15, 0.2) is 47.0 Å². The molecule has 5 heteroatoms. The van der Waals surface area contributed by atoms with Crippen LogP contribution in [-0.2, 0) is 0 Å². The fourth-order valence-electron chi connectivity index (χ4n) is 2.16. The monoisotopic (exact) mass is 281 g/mol. The molecular weight excluding hydrogens is 266 g/mol. The van der Waals surface area contributed by atoms with Gasteiger partial charge >= 0.3 is 0 Å². The van der Waals surface area contributed by atoms with Crippen molar-refractivity contribution >= 4 is 5.69 Å². The smallest absolute Gasteiger partial charge is 0.262 e. The van der Waals surface area contributed by atoms with Crippen molar-refractivity contribution in [2.75, 3.05) is 12.8 Å². The van der Waals surface area contributed by atoms with Crippen LogP contribution in [0.5, 0.6) is 5.75 Å². The average molecular weight is 281 g/mol. The highest BCUT2D eigenvalue weighted by atomic mass is 16.5. The first kappa shape index (κ1) is 13.2.